The average Bonchev–Trinajstić information content (AvgIpc) is 2.72. The molecule has 0 bridgehead atoms. The number of nitriles is 1. The number of hydrogen-bond acceptors (Lipinski definition) is 6. The number of rotatable bonds is 4. The van der Waals surface area contributed by atoms with Crippen molar-refractivity contribution in [3.63, 3.8) is 0 Å². The Bertz CT molecular complexity index is 1120. The number of fused-ring (bicyclic) bond motifs is 1. The number of alkyl halides is 2. The van der Waals surface area contributed by atoms with Crippen molar-refractivity contribution in [3.8, 4) is 6.07 Å². The molecule has 11 heteroatoms. The molecule has 4 rings (SSSR count). The lowest BCUT2D eigenvalue weighted by molar-refractivity contribution is -0.0950. The van der Waals surface area contributed by atoms with Gasteiger partial charge in [-0.2, -0.15) is 5.26 Å². The van der Waals surface area contributed by atoms with Crippen molar-refractivity contribution in [2.75, 3.05) is 5.32 Å². The molecule has 1 saturated carbocycles. The fraction of sp³-hybridized carbons (Fsp3) is 0.300. The first kappa shape index (κ1) is 20.6. The minimum atomic E-state index is -3.21. The van der Waals surface area contributed by atoms with E-state index in [4.69, 9.17) is 15.7 Å². The van der Waals surface area contributed by atoms with E-state index >= 15 is 0 Å². The summed E-state index contributed by atoms with van der Waals surface area (Å²) in [6.45, 7) is 0. The molecule has 0 saturated heterocycles. The summed E-state index contributed by atoms with van der Waals surface area (Å²) in [5.41, 5.74) is 2.24. The smallest absolute Gasteiger partial charge is 0.283 e. The molecule has 2 heterocycles. The summed E-state index contributed by atoms with van der Waals surface area (Å²) >= 11 is 0. The largest absolute Gasteiger partial charge is 0.462 e. The Morgan fingerprint density at radius 2 is 2.10 bits per heavy atom. The van der Waals surface area contributed by atoms with E-state index in [1.165, 1.54) is 12.1 Å². The normalized spacial score (nSPS) is 24.3. The first-order valence-electron chi connectivity index (χ1n) is 9.23. The van der Waals surface area contributed by atoms with Gasteiger partial charge in [-0.05, 0) is 31.0 Å². The lowest BCUT2D eigenvalue weighted by atomic mass is 9.65. The maximum absolute atomic E-state index is 14.8. The molecular formula is C20H15F4N5O2. The number of benzene rings is 1. The summed E-state index contributed by atoms with van der Waals surface area (Å²) in [7, 11) is 0. The molecule has 1 amide bonds. The van der Waals surface area contributed by atoms with Crippen molar-refractivity contribution >= 4 is 17.6 Å². The molecule has 1 fully saturated rings. The first-order chi connectivity index (χ1) is 14.8. The number of amidine groups is 1. The van der Waals surface area contributed by atoms with Crippen LogP contribution in [0.5, 0.6) is 0 Å². The van der Waals surface area contributed by atoms with Crippen molar-refractivity contribution in [1.29, 1.82) is 5.26 Å². The van der Waals surface area contributed by atoms with Crippen molar-refractivity contribution in [2.24, 2.45) is 16.6 Å². The van der Waals surface area contributed by atoms with Gasteiger partial charge in [-0.15, -0.1) is 0 Å². The molecule has 3 N–H and O–H groups in total. The van der Waals surface area contributed by atoms with Gasteiger partial charge in [-0.3, -0.25) is 4.79 Å². The molecule has 0 radical (unpaired) electrons. The molecule has 3 unspecified atom stereocenters. The summed E-state index contributed by atoms with van der Waals surface area (Å²) in [5, 5.41) is 11.1. The highest BCUT2D eigenvalue weighted by atomic mass is 19.3. The summed E-state index contributed by atoms with van der Waals surface area (Å²) in [6, 6.07) is 5.51. The maximum Gasteiger partial charge on any atom is 0.283 e. The van der Waals surface area contributed by atoms with Crippen molar-refractivity contribution < 1.29 is 27.1 Å². The number of halogens is 4. The number of carbonyl (C=O) groups excluding carboxylic acids is 1. The van der Waals surface area contributed by atoms with E-state index in [0.29, 0.717) is 12.5 Å². The van der Waals surface area contributed by atoms with E-state index < -0.39 is 53.1 Å². The van der Waals surface area contributed by atoms with Gasteiger partial charge in [-0.25, -0.2) is 27.5 Å². The number of anilines is 1. The molecule has 3 atom stereocenters. The highest BCUT2D eigenvalue weighted by molar-refractivity contribution is 6.02. The Hall–Kier alpha value is -3.68. The Morgan fingerprint density at radius 1 is 1.32 bits per heavy atom. The Morgan fingerprint density at radius 3 is 2.68 bits per heavy atom. The van der Waals surface area contributed by atoms with E-state index in [2.05, 4.69) is 15.3 Å². The summed E-state index contributed by atoms with van der Waals surface area (Å²) in [5.74, 6) is -4.64. The molecule has 31 heavy (non-hydrogen) atoms. The number of carbonyl (C=O) groups is 1. The number of ether oxygens (including phenoxy) is 1. The second kappa shape index (κ2) is 7.54. The van der Waals surface area contributed by atoms with Crippen LogP contribution in [0.25, 0.3) is 0 Å². The standard InChI is InChI=1S/C20H15F4N5O2/c21-13-6-10(28-17(30)14-3-1-9(7-25)8-27-14)5-12(16(13)22)20(18(23)24)11-2-4-15(11)31-19(26)29-20/h1,3,5-6,8,11,15,18H,2,4H2,(H2,26,29)(H,28,30). The van der Waals surface area contributed by atoms with Crippen molar-refractivity contribution in [2.45, 2.75) is 30.9 Å². The van der Waals surface area contributed by atoms with Crippen molar-refractivity contribution in [1.82, 2.24) is 4.98 Å². The van der Waals surface area contributed by atoms with Gasteiger partial charge in [0.1, 0.15) is 17.9 Å². The fourth-order valence-corrected chi connectivity index (χ4v) is 3.89. The number of aromatic nitrogens is 1. The SMILES string of the molecule is N#Cc1ccc(C(=O)Nc2cc(F)c(F)c(C3(C(F)F)N=C(N)OC4CCC43)c2)nc1. The van der Waals surface area contributed by atoms with E-state index in [0.717, 1.165) is 12.3 Å². The molecule has 160 valence electrons. The Labute approximate surface area is 173 Å². The lowest BCUT2D eigenvalue weighted by Crippen LogP contribution is -2.57. The zero-order valence-corrected chi connectivity index (χ0v) is 15.8. The van der Waals surface area contributed by atoms with Crippen LogP contribution in [-0.4, -0.2) is 29.4 Å². The third kappa shape index (κ3) is 3.34. The Kier molecular flexibility index (Phi) is 5.00. The first-order valence-corrected chi connectivity index (χ1v) is 9.23. The summed E-state index contributed by atoms with van der Waals surface area (Å²) < 4.78 is 63.0. The second-order valence-electron chi connectivity index (χ2n) is 7.23. The number of amides is 1. The van der Waals surface area contributed by atoms with Gasteiger partial charge in [-0.1, -0.05) is 0 Å². The molecule has 1 aliphatic heterocycles. The van der Waals surface area contributed by atoms with Crippen LogP contribution in [-0.2, 0) is 10.3 Å². The topological polar surface area (TPSA) is 113 Å². The number of nitrogens with one attached hydrogen (secondary N) is 1. The van der Waals surface area contributed by atoms with Crippen LogP contribution < -0.4 is 11.1 Å². The molecule has 0 spiro atoms. The van der Waals surface area contributed by atoms with E-state index in [1.807, 2.05) is 6.07 Å². The van der Waals surface area contributed by atoms with Crippen LogP contribution in [0.4, 0.5) is 23.2 Å². The molecule has 7 nitrogen and oxygen atoms in total. The van der Waals surface area contributed by atoms with E-state index in [9.17, 15) is 22.4 Å². The van der Waals surface area contributed by atoms with Gasteiger partial charge in [0.25, 0.3) is 18.4 Å². The minimum Gasteiger partial charge on any atom is -0.462 e. The zero-order valence-electron chi connectivity index (χ0n) is 15.8. The molecule has 1 aliphatic carbocycles. The van der Waals surface area contributed by atoms with Crippen LogP contribution >= 0.6 is 0 Å². The van der Waals surface area contributed by atoms with Crippen LogP contribution in [0.3, 0.4) is 0 Å². The summed E-state index contributed by atoms with van der Waals surface area (Å²) in [6.07, 6.45) is -2.04. The second-order valence-corrected chi connectivity index (χ2v) is 7.23. The molecule has 1 aromatic heterocycles. The molecule has 1 aromatic carbocycles. The monoisotopic (exact) mass is 433 g/mol. The van der Waals surface area contributed by atoms with Gasteiger partial charge in [0, 0.05) is 29.4 Å². The van der Waals surface area contributed by atoms with Gasteiger partial charge in [0.15, 0.2) is 17.2 Å². The quantitative estimate of drug-likeness (QED) is 0.720. The number of nitrogens with zero attached hydrogens (tertiary/aromatic N) is 3. The summed E-state index contributed by atoms with van der Waals surface area (Å²) in [4.78, 5) is 19.9. The van der Waals surface area contributed by atoms with Crippen molar-refractivity contribution in [3.05, 3.63) is 58.9 Å². The third-order valence-corrected chi connectivity index (χ3v) is 5.52. The van der Waals surface area contributed by atoms with Crippen LogP contribution in [0.2, 0.25) is 0 Å². The average molecular weight is 433 g/mol. The lowest BCUT2D eigenvalue weighted by Gasteiger charge is -2.50. The predicted molar refractivity (Wildman–Crippen MR) is 100 cm³/mol. The zero-order chi connectivity index (χ0) is 22.3. The van der Waals surface area contributed by atoms with Crippen LogP contribution in [0.1, 0.15) is 34.5 Å². The number of pyridine rings is 1. The number of aliphatic imine (C=N–C) groups is 1. The van der Waals surface area contributed by atoms with E-state index in [1.54, 1.807) is 0 Å². The minimum absolute atomic E-state index is 0.110. The number of nitrogens with two attached hydrogens (primary N) is 1. The van der Waals surface area contributed by atoms with Gasteiger partial charge in [0.2, 0.25) is 0 Å². The highest BCUT2D eigenvalue weighted by Gasteiger charge is 2.60. The van der Waals surface area contributed by atoms with Crippen LogP contribution in [0, 0.1) is 28.9 Å². The molecule has 2 aliphatic rings. The van der Waals surface area contributed by atoms with Gasteiger partial charge in [0.05, 0.1) is 5.56 Å². The predicted octanol–water partition coefficient (Wildman–Crippen LogP) is 3.07. The van der Waals surface area contributed by atoms with Gasteiger partial charge >= 0.3 is 0 Å². The third-order valence-electron chi connectivity index (χ3n) is 5.52. The van der Waals surface area contributed by atoms with E-state index in [-0.39, 0.29) is 23.4 Å². The van der Waals surface area contributed by atoms with Gasteiger partial charge < -0.3 is 15.8 Å². The van der Waals surface area contributed by atoms with Crippen LogP contribution in [0.15, 0.2) is 35.5 Å². The highest BCUT2D eigenvalue weighted by Crippen LogP contribution is 2.53. The molecular weight excluding hydrogens is 418 g/mol. The number of hydrogen-bond donors (Lipinski definition) is 2. The Balaban J connectivity index is 1.75. The molecule has 2 aromatic rings. The fourth-order valence-electron chi connectivity index (χ4n) is 3.89. The maximum atomic E-state index is 14.8.